The van der Waals surface area contributed by atoms with Crippen LogP contribution in [0.3, 0.4) is 0 Å². The van der Waals surface area contributed by atoms with Gasteiger partial charge in [0.15, 0.2) is 16.7 Å². The molecule has 5 unspecified atom stereocenters. The number of imidazole rings is 1. The Morgan fingerprint density at radius 2 is 1.82 bits per heavy atom. The highest BCUT2D eigenvalue weighted by molar-refractivity contribution is 5.80. The molecule has 4 aromatic rings. The van der Waals surface area contributed by atoms with E-state index in [2.05, 4.69) is 21.1 Å². The number of aliphatic hydroxyl groups is 4. The number of aromatic nitrogens is 4. The average molecular weight is 532 g/mol. The topological polar surface area (TPSA) is 195 Å². The Bertz CT molecular complexity index is 1610. The molecule has 1 saturated heterocycles. The van der Waals surface area contributed by atoms with Gasteiger partial charge in [-0.05, 0) is 61.0 Å². The highest BCUT2D eigenvalue weighted by atomic mass is 16.7. The summed E-state index contributed by atoms with van der Waals surface area (Å²) in [5.41, 5.74) is 2.86. The molecule has 0 bridgehead atoms. The molecule has 0 aliphatic carbocycles. The van der Waals surface area contributed by atoms with Gasteiger partial charge in [0.1, 0.15) is 42.3 Å². The third kappa shape index (κ3) is 5.02. The first-order valence-electron chi connectivity index (χ1n) is 11.9. The Balaban J connectivity index is 1.33. The van der Waals surface area contributed by atoms with Gasteiger partial charge in [-0.1, -0.05) is 0 Å². The summed E-state index contributed by atoms with van der Waals surface area (Å²) in [5, 5.41) is 61.2. The molecule has 13 heteroatoms. The summed E-state index contributed by atoms with van der Waals surface area (Å²) in [6.07, 6.45) is -3.93. The number of rotatable bonds is 6. The zero-order valence-electron chi connectivity index (χ0n) is 20.7. The van der Waals surface area contributed by atoms with Gasteiger partial charge in [0.25, 0.3) is 0 Å². The van der Waals surface area contributed by atoms with Crippen LogP contribution < -0.4 is 10.2 Å². The lowest BCUT2D eigenvalue weighted by Gasteiger charge is -2.39. The zero-order valence-corrected chi connectivity index (χ0v) is 20.7. The van der Waals surface area contributed by atoms with Crippen molar-refractivity contribution in [2.45, 2.75) is 37.6 Å². The zero-order chi connectivity index (χ0) is 27.7. The number of benzene rings is 2. The molecule has 0 spiro atoms. The van der Waals surface area contributed by atoms with Gasteiger partial charge >= 0.3 is 0 Å². The summed E-state index contributed by atoms with van der Waals surface area (Å²) >= 11 is 0. The Labute approximate surface area is 221 Å². The Hall–Kier alpha value is -4.45. The monoisotopic (exact) mass is 531 g/mol. The second-order valence-corrected chi connectivity index (χ2v) is 8.89. The lowest BCUT2D eigenvalue weighted by Crippen LogP contribution is -2.60. The maximum Gasteiger partial charge on any atom is 0.229 e. The number of nitrogens with zero attached hydrogens (tertiary/aromatic N) is 6. The molecular weight excluding hydrogens is 506 g/mol. The molecule has 39 heavy (non-hydrogen) atoms. The van der Waals surface area contributed by atoms with Crippen LogP contribution in [0.5, 0.6) is 5.75 Å². The van der Waals surface area contributed by atoms with E-state index in [0.29, 0.717) is 33.9 Å². The van der Waals surface area contributed by atoms with E-state index in [4.69, 9.17) is 20.1 Å². The lowest BCUT2D eigenvalue weighted by molar-refractivity contribution is -0.277. The minimum atomic E-state index is -1.53. The molecule has 5 atom stereocenters. The largest absolute Gasteiger partial charge is 0.462 e. The fraction of sp³-hybridized carbons (Fsp3) is 0.269. The van der Waals surface area contributed by atoms with E-state index in [0.717, 1.165) is 5.69 Å². The van der Waals surface area contributed by atoms with Crippen molar-refractivity contribution in [3.05, 3.63) is 77.3 Å². The van der Waals surface area contributed by atoms with E-state index in [9.17, 15) is 20.4 Å². The van der Waals surface area contributed by atoms with Crippen LogP contribution in [0.25, 0.3) is 16.9 Å². The predicted molar refractivity (Wildman–Crippen MR) is 136 cm³/mol. The molecule has 3 heterocycles. The molecule has 200 valence electrons. The van der Waals surface area contributed by atoms with Crippen molar-refractivity contribution in [3.8, 4) is 17.5 Å². The van der Waals surface area contributed by atoms with Crippen LogP contribution >= 0.6 is 0 Å². The van der Waals surface area contributed by atoms with Gasteiger partial charge in [-0.25, -0.2) is 14.6 Å². The van der Waals surface area contributed by atoms with E-state index in [1.165, 1.54) is 17.2 Å². The quantitative estimate of drug-likeness (QED) is 0.212. The van der Waals surface area contributed by atoms with E-state index >= 15 is 0 Å². The summed E-state index contributed by atoms with van der Waals surface area (Å²) in [7, 11) is 0. The number of nitrogens with one attached hydrogen (secondary N) is 1. The molecule has 5 rings (SSSR count). The Morgan fingerprint density at radius 3 is 2.49 bits per heavy atom. The molecule has 1 fully saturated rings. The second-order valence-electron chi connectivity index (χ2n) is 8.89. The van der Waals surface area contributed by atoms with Crippen LogP contribution in [0.15, 0.2) is 60.0 Å². The van der Waals surface area contributed by atoms with Crippen molar-refractivity contribution in [1.29, 1.82) is 10.7 Å². The Kier molecular flexibility index (Phi) is 7.20. The van der Waals surface area contributed by atoms with Crippen molar-refractivity contribution < 1.29 is 29.9 Å². The smallest absolute Gasteiger partial charge is 0.229 e. The molecule has 2 aromatic heterocycles. The fourth-order valence-electron chi connectivity index (χ4n) is 4.22. The summed E-state index contributed by atoms with van der Waals surface area (Å²) in [4.78, 5) is 8.95. The summed E-state index contributed by atoms with van der Waals surface area (Å²) in [6.45, 7) is 1.26. The molecule has 2 aromatic carbocycles. The van der Waals surface area contributed by atoms with Gasteiger partial charge < -0.3 is 29.9 Å². The Morgan fingerprint density at radius 1 is 1.10 bits per heavy atom. The minimum absolute atomic E-state index is 0.0364. The SMILES string of the molecule is Cc1nc2c(=N)n(N=Cc3ccc(OC4OC(CO)C(O)C(O)C4O)cc3)cnc2n1-c1ccc(C#N)cc1. The first-order valence-corrected chi connectivity index (χ1v) is 11.9. The number of ether oxygens (including phenoxy) is 2. The van der Waals surface area contributed by atoms with Crippen LogP contribution in [0.4, 0.5) is 0 Å². The van der Waals surface area contributed by atoms with E-state index in [1.807, 2.05) is 0 Å². The van der Waals surface area contributed by atoms with Crippen molar-refractivity contribution in [2.24, 2.45) is 5.10 Å². The van der Waals surface area contributed by atoms with Crippen LogP contribution in [0.2, 0.25) is 0 Å². The number of aliphatic hydroxyl groups excluding tert-OH is 4. The van der Waals surface area contributed by atoms with Crippen molar-refractivity contribution >= 4 is 17.4 Å². The molecule has 5 N–H and O–H groups in total. The summed E-state index contributed by atoms with van der Waals surface area (Å²) in [5.74, 6) is 0.949. The normalized spacial score (nSPS) is 23.2. The van der Waals surface area contributed by atoms with Crippen molar-refractivity contribution in [3.63, 3.8) is 0 Å². The van der Waals surface area contributed by atoms with E-state index in [-0.39, 0.29) is 5.49 Å². The van der Waals surface area contributed by atoms with Crippen molar-refractivity contribution in [2.75, 3.05) is 6.61 Å². The van der Waals surface area contributed by atoms with Crippen LogP contribution in [-0.4, -0.2) is 83.2 Å². The fourth-order valence-corrected chi connectivity index (χ4v) is 4.22. The number of aryl methyl sites for hydroxylation is 1. The van der Waals surface area contributed by atoms with Gasteiger partial charge in [0.05, 0.1) is 24.5 Å². The first-order chi connectivity index (χ1) is 18.8. The van der Waals surface area contributed by atoms with Gasteiger partial charge in [-0.2, -0.15) is 10.4 Å². The maximum absolute atomic E-state index is 10.1. The second kappa shape index (κ2) is 10.7. The molecular formula is C26H25N7O6. The lowest BCUT2D eigenvalue weighted by atomic mass is 9.99. The highest BCUT2D eigenvalue weighted by Crippen LogP contribution is 2.24. The van der Waals surface area contributed by atoms with Gasteiger partial charge in [0.2, 0.25) is 6.29 Å². The van der Waals surface area contributed by atoms with Crippen molar-refractivity contribution in [1.82, 2.24) is 19.2 Å². The first kappa shape index (κ1) is 26.2. The number of fused-ring (bicyclic) bond motifs is 1. The van der Waals surface area contributed by atoms with Gasteiger partial charge in [0, 0.05) is 5.69 Å². The third-order valence-corrected chi connectivity index (χ3v) is 6.33. The molecule has 1 aliphatic rings. The summed E-state index contributed by atoms with van der Waals surface area (Å²) < 4.78 is 14.0. The molecule has 0 saturated carbocycles. The van der Waals surface area contributed by atoms with Gasteiger partial charge in [-0.15, -0.1) is 0 Å². The minimum Gasteiger partial charge on any atom is -0.462 e. The van der Waals surface area contributed by atoms with Crippen LogP contribution in [0, 0.1) is 23.7 Å². The van der Waals surface area contributed by atoms with Crippen LogP contribution in [-0.2, 0) is 4.74 Å². The summed E-state index contributed by atoms with van der Waals surface area (Å²) in [6, 6.07) is 15.6. The maximum atomic E-state index is 10.1. The molecule has 1 aliphatic heterocycles. The van der Waals surface area contributed by atoms with E-state index in [1.54, 1.807) is 60.0 Å². The molecule has 0 radical (unpaired) electrons. The number of nitriles is 1. The van der Waals surface area contributed by atoms with Gasteiger partial charge in [-0.3, -0.25) is 9.98 Å². The van der Waals surface area contributed by atoms with Crippen LogP contribution in [0.1, 0.15) is 17.0 Å². The number of hydrogen-bond donors (Lipinski definition) is 5. The molecule has 0 amide bonds. The predicted octanol–water partition coefficient (Wildman–Crippen LogP) is -0.0575. The molecule has 13 nitrogen and oxygen atoms in total. The van der Waals surface area contributed by atoms with E-state index < -0.39 is 37.3 Å². The standard InChI is InChI=1S/C26H25N7O6/c1-14-31-20-24(28)32(13-29-25(20)33(14)17-6-2-15(10-27)3-7-17)30-11-16-4-8-18(9-5-16)38-26-23(37)22(36)21(35)19(12-34)39-26/h2-9,11,13,19,21-23,26,28,34-37H,12H2,1H3. The third-order valence-electron chi connectivity index (χ3n) is 6.33. The highest BCUT2D eigenvalue weighted by Gasteiger charge is 2.44. The number of hydrogen-bond acceptors (Lipinski definition) is 11. The average Bonchev–Trinajstić information content (AvgIpc) is 3.30.